The van der Waals surface area contributed by atoms with E-state index >= 15 is 0 Å². The molecule has 2 aromatic rings. The smallest absolute Gasteiger partial charge is 0.415 e. The number of carbonyl (C=O) groups excluding carboxylic acids is 1. The van der Waals surface area contributed by atoms with Crippen LogP contribution in [0.3, 0.4) is 0 Å². The van der Waals surface area contributed by atoms with Gasteiger partial charge < -0.3 is 9.15 Å². The molecule has 0 atom stereocenters. The van der Waals surface area contributed by atoms with E-state index in [1.165, 1.54) is 24.5 Å². The summed E-state index contributed by atoms with van der Waals surface area (Å²) in [7, 11) is 0. The third-order valence-electron chi connectivity index (χ3n) is 2.93. The van der Waals surface area contributed by atoms with E-state index in [0.717, 1.165) is 4.90 Å². The minimum Gasteiger partial charge on any atom is -0.467 e. The summed E-state index contributed by atoms with van der Waals surface area (Å²) in [5.41, 5.74) is -0.971. The minimum absolute atomic E-state index is 0.0247. The van der Waals surface area contributed by atoms with Crippen molar-refractivity contribution in [1.29, 1.82) is 0 Å². The summed E-state index contributed by atoms with van der Waals surface area (Å²) in [5, 5.41) is 11.6. The van der Waals surface area contributed by atoms with E-state index in [9.17, 15) is 14.9 Å². The fourth-order valence-corrected chi connectivity index (χ4v) is 2.16. The molecule has 24 heavy (non-hydrogen) atoms. The lowest BCUT2D eigenvalue weighted by Crippen LogP contribution is -2.36. The Morgan fingerprint density at radius 1 is 1.38 bits per heavy atom. The van der Waals surface area contributed by atoms with Gasteiger partial charge >= 0.3 is 6.09 Å². The lowest BCUT2D eigenvalue weighted by atomic mass is 10.2. The molecule has 0 saturated carbocycles. The number of anilines is 1. The molecule has 2 rings (SSSR count). The van der Waals surface area contributed by atoms with Crippen molar-refractivity contribution in [3.63, 3.8) is 0 Å². The molecule has 0 bridgehead atoms. The van der Waals surface area contributed by atoms with Gasteiger partial charge in [0.1, 0.15) is 17.0 Å². The molecular weight excluding hydrogens is 336 g/mol. The van der Waals surface area contributed by atoms with Crippen LogP contribution >= 0.6 is 11.6 Å². The highest BCUT2D eigenvalue weighted by atomic mass is 35.5. The van der Waals surface area contributed by atoms with Crippen molar-refractivity contribution >= 4 is 29.1 Å². The zero-order chi connectivity index (χ0) is 17.9. The molecule has 0 radical (unpaired) electrons. The van der Waals surface area contributed by atoms with Crippen LogP contribution in [0.1, 0.15) is 26.5 Å². The Morgan fingerprint density at radius 2 is 2.08 bits per heavy atom. The Balaban J connectivity index is 2.47. The molecule has 0 aliphatic carbocycles. The number of hydrogen-bond acceptors (Lipinski definition) is 5. The molecule has 0 N–H and O–H groups in total. The Kier molecular flexibility index (Phi) is 5.14. The van der Waals surface area contributed by atoms with Crippen LogP contribution in [0, 0.1) is 10.1 Å². The SMILES string of the molecule is CC(C)(C)OC(=O)N(Cc1ccco1)c1cc(Cl)ccc1[N+](=O)[O-]. The van der Waals surface area contributed by atoms with E-state index in [1.54, 1.807) is 32.9 Å². The van der Waals surface area contributed by atoms with Crippen LogP contribution in [0.25, 0.3) is 0 Å². The van der Waals surface area contributed by atoms with Gasteiger partial charge in [-0.15, -0.1) is 0 Å². The molecule has 1 heterocycles. The van der Waals surface area contributed by atoms with Crippen molar-refractivity contribution in [3.05, 3.63) is 57.5 Å². The van der Waals surface area contributed by atoms with Gasteiger partial charge in [-0.05, 0) is 45.0 Å². The first-order chi connectivity index (χ1) is 11.2. The van der Waals surface area contributed by atoms with Gasteiger partial charge in [0.15, 0.2) is 0 Å². The zero-order valence-electron chi connectivity index (χ0n) is 13.5. The summed E-state index contributed by atoms with van der Waals surface area (Å²) in [5.74, 6) is 0.454. The quantitative estimate of drug-likeness (QED) is 0.583. The van der Waals surface area contributed by atoms with E-state index in [4.69, 9.17) is 20.8 Å². The number of carbonyl (C=O) groups is 1. The van der Waals surface area contributed by atoms with Crippen LogP contribution in [0.2, 0.25) is 5.02 Å². The van der Waals surface area contributed by atoms with Gasteiger partial charge in [0.2, 0.25) is 0 Å². The van der Waals surface area contributed by atoms with Crippen LogP contribution in [0.4, 0.5) is 16.2 Å². The molecule has 0 fully saturated rings. The molecule has 0 unspecified atom stereocenters. The molecular formula is C16H17ClN2O5. The molecule has 0 spiro atoms. The van der Waals surface area contributed by atoms with Crippen LogP contribution in [-0.2, 0) is 11.3 Å². The minimum atomic E-state index is -0.758. The third kappa shape index (κ3) is 4.48. The van der Waals surface area contributed by atoms with Crippen molar-refractivity contribution in [2.24, 2.45) is 0 Å². The van der Waals surface area contributed by atoms with Gasteiger partial charge in [0.25, 0.3) is 5.69 Å². The summed E-state index contributed by atoms with van der Waals surface area (Å²) in [6, 6.07) is 7.32. The third-order valence-corrected chi connectivity index (χ3v) is 3.17. The van der Waals surface area contributed by atoms with Crippen molar-refractivity contribution < 1.29 is 18.9 Å². The zero-order valence-corrected chi connectivity index (χ0v) is 14.2. The summed E-state index contributed by atoms with van der Waals surface area (Å²) < 4.78 is 10.6. The van der Waals surface area contributed by atoms with Crippen LogP contribution in [0.5, 0.6) is 0 Å². The maximum Gasteiger partial charge on any atom is 0.415 e. The number of nitro groups is 1. The molecule has 8 heteroatoms. The number of ether oxygens (including phenoxy) is 1. The number of benzene rings is 1. The second kappa shape index (κ2) is 6.92. The lowest BCUT2D eigenvalue weighted by molar-refractivity contribution is -0.384. The first kappa shape index (κ1) is 17.8. The molecule has 1 amide bonds. The largest absolute Gasteiger partial charge is 0.467 e. The Bertz CT molecular complexity index is 737. The Morgan fingerprint density at radius 3 is 2.62 bits per heavy atom. The van der Waals surface area contributed by atoms with Gasteiger partial charge in [-0.25, -0.2) is 4.79 Å². The molecule has 1 aromatic carbocycles. The van der Waals surface area contributed by atoms with Gasteiger partial charge in [-0.3, -0.25) is 15.0 Å². The lowest BCUT2D eigenvalue weighted by Gasteiger charge is -2.26. The molecule has 0 aliphatic heterocycles. The summed E-state index contributed by atoms with van der Waals surface area (Å²) in [4.78, 5) is 24.4. The van der Waals surface area contributed by atoms with Crippen LogP contribution in [-0.4, -0.2) is 16.6 Å². The number of nitrogens with zero attached hydrogens (tertiary/aromatic N) is 2. The normalized spacial score (nSPS) is 11.2. The average molecular weight is 353 g/mol. The molecule has 1 aromatic heterocycles. The fraction of sp³-hybridized carbons (Fsp3) is 0.312. The van der Waals surface area contributed by atoms with Crippen molar-refractivity contribution in [1.82, 2.24) is 0 Å². The van der Waals surface area contributed by atoms with E-state index in [-0.39, 0.29) is 22.9 Å². The fourth-order valence-electron chi connectivity index (χ4n) is 1.99. The first-order valence-corrected chi connectivity index (χ1v) is 7.52. The number of furan rings is 1. The highest BCUT2D eigenvalue weighted by Gasteiger charge is 2.29. The second-order valence-corrected chi connectivity index (χ2v) is 6.47. The number of amides is 1. The topological polar surface area (TPSA) is 85.8 Å². The standard InChI is InChI=1S/C16H17ClN2O5/c1-16(2,3)24-15(20)18(10-12-5-4-8-23-12)14-9-11(17)6-7-13(14)19(21)22/h4-9H,10H2,1-3H3. The maximum atomic E-state index is 12.6. The predicted molar refractivity (Wildman–Crippen MR) is 89.2 cm³/mol. The van der Waals surface area contributed by atoms with Crippen molar-refractivity contribution in [2.45, 2.75) is 32.9 Å². The Hall–Kier alpha value is -2.54. The van der Waals surface area contributed by atoms with E-state index in [1.807, 2.05) is 0 Å². The first-order valence-electron chi connectivity index (χ1n) is 7.14. The molecule has 7 nitrogen and oxygen atoms in total. The van der Waals surface area contributed by atoms with E-state index < -0.39 is 16.6 Å². The average Bonchev–Trinajstić information content (AvgIpc) is 2.95. The van der Waals surface area contributed by atoms with Crippen molar-refractivity contribution in [3.8, 4) is 0 Å². The summed E-state index contributed by atoms with van der Waals surface area (Å²) >= 11 is 5.96. The molecule has 128 valence electrons. The maximum absolute atomic E-state index is 12.6. The predicted octanol–water partition coefficient (Wildman–Crippen LogP) is 4.78. The number of halogens is 1. The number of rotatable bonds is 4. The number of nitro benzene ring substituents is 1. The van der Waals surface area contributed by atoms with Gasteiger partial charge in [0.05, 0.1) is 17.7 Å². The van der Waals surface area contributed by atoms with E-state index in [2.05, 4.69) is 0 Å². The van der Waals surface area contributed by atoms with Gasteiger partial charge in [0, 0.05) is 11.1 Å². The highest BCUT2D eigenvalue weighted by Crippen LogP contribution is 2.33. The number of hydrogen-bond donors (Lipinski definition) is 0. The van der Waals surface area contributed by atoms with Gasteiger partial charge in [-0.1, -0.05) is 11.6 Å². The molecule has 0 aliphatic rings. The van der Waals surface area contributed by atoms with Crippen molar-refractivity contribution in [2.75, 3.05) is 4.90 Å². The Labute approximate surface area is 143 Å². The second-order valence-electron chi connectivity index (χ2n) is 6.04. The summed E-state index contributed by atoms with van der Waals surface area (Å²) in [6.07, 6.45) is 0.721. The van der Waals surface area contributed by atoms with Gasteiger partial charge in [-0.2, -0.15) is 0 Å². The monoisotopic (exact) mass is 352 g/mol. The van der Waals surface area contributed by atoms with Crippen LogP contribution < -0.4 is 4.90 Å². The summed E-state index contributed by atoms with van der Waals surface area (Å²) in [6.45, 7) is 5.11. The molecule has 0 saturated heterocycles. The van der Waals surface area contributed by atoms with E-state index in [0.29, 0.717) is 5.76 Å². The highest BCUT2D eigenvalue weighted by molar-refractivity contribution is 6.31. The van der Waals surface area contributed by atoms with Crippen LogP contribution in [0.15, 0.2) is 41.0 Å².